The van der Waals surface area contributed by atoms with Crippen molar-refractivity contribution in [1.82, 2.24) is 14.7 Å². The molecule has 0 aliphatic heterocycles. The molecule has 6 nitrogen and oxygen atoms in total. The highest BCUT2D eigenvalue weighted by Crippen LogP contribution is 2.25. The largest absolute Gasteiger partial charge is 0.385 e. The van der Waals surface area contributed by atoms with Gasteiger partial charge in [-0.3, -0.25) is 0 Å². The zero-order chi connectivity index (χ0) is 18.8. The van der Waals surface area contributed by atoms with Gasteiger partial charge in [-0.1, -0.05) is 17.0 Å². The molecule has 2 heterocycles. The van der Waals surface area contributed by atoms with Crippen LogP contribution in [0, 0.1) is 17.8 Å². The summed E-state index contributed by atoms with van der Waals surface area (Å²) in [5, 5.41) is 13.9. The number of aromatic nitrogens is 3. The van der Waals surface area contributed by atoms with Gasteiger partial charge in [0.2, 0.25) is 0 Å². The van der Waals surface area contributed by atoms with Crippen molar-refractivity contribution in [1.29, 1.82) is 0 Å². The van der Waals surface area contributed by atoms with Crippen LogP contribution in [0.3, 0.4) is 0 Å². The minimum Gasteiger partial charge on any atom is -0.385 e. The van der Waals surface area contributed by atoms with E-state index in [2.05, 4.69) is 22.0 Å². The number of aliphatic hydroxyl groups excluding tert-OH is 1. The fourth-order valence-corrected chi connectivity index (χ4v) is 3.20. The van der Waals surface area contributed by atoms with E-state index in [4.69, 9.17) is 10.3 Å². The lowest BCUT2D eigenvalue weighted by molar-refractivity contribution is 0.184. The van der Waals surface area contributed by atoms with Crippen molar-refractivity contribution in [3.05, 3.63) is 59.8 Å². The fourth-order valence-electron chi connectivity index (χ4n) is 3.20. The predicted octanol–water partition coefficient (Wildman–Crippen LogP) is 2.73. The van der Waals surface area contributed by atoms with E-state index < -0.39 is 6.10 Å². The second-order valence-electron chi connectivity index (χ2n) is 7.05. The molecule has 1 atom stereocenters. The maximum absolute atomic E-state index is 9.75. The van der Waals surface area contributed by atoms with Gasteiger partial charge in [0.15, 0.2) is 5.76 Å². The molecule has 0 bridgehead atoms. The molecule has 3 aromatic rings. The van der Waals surface area contributed by atoms with E-state index in [1.165, 1.54) is 0 Å². The molecule has 138 valence electrons. The number of nitrogens with zero attached hydrogens (tertiary/aromatic N) is 3. The predicted molar refractivity (Wildman–Crippen MR) is 101 cm³/mol. The van der Waals surface area contributed by atoms with Crippen LogP contribution >= 0.6 is 0 Å². The van der Waals surface area contributed by atoms with Gasteiger partial charge in [0.05, 0.1) is 6.54 Å². The summed E-state index contributed by atoms with van der Waals surface area (Å²) in [7, 11) is 0. The van der Waals surface area contributed by atoms with E-state index in [9.17, 15) is 5.11 Å². The SMILES string of the molecule is C[C@H](O)c1nccn1Cc1cc(-c2ccc(C#CC3CC(N)C3)cc2)on1. The Hall–Kier alpha value is -2.88. The maximum Gasteiger partial charge on any atom is 0.167 e. The van der Waals surface area contributed by atoms with Crippen LogP contribution in [-0.4, -0.2) is 25.9 Å². The Balaban J connectivity index is 1.44. The molecule has 4 rings (SSSR count). The summed E-state index contributed by atoms with van der Waals surface area (Å²) in [6, 6.07) is 10.2. The lowest BCUT2D eigenvalue weighted by atomic mass is 9.81. The van der Waals surface area contributed by atoms with E-state index in [1.54, 1.807) is 13.1 Å². The molecule has 1 aromatic carbocycles. The van der Waals surface area contributed by atoms with Crippen molar-refractivity contribution >= 4 is 0 Å². The van der Waals surface area contributed by atoms with Gasteiger partial charge in [0.1, 0.15) is 17.6 Å². The first-order valence-electron chi connectivity index (χ1n) is 9.10. The Morgan fingerprint density at radius 2 is 2.11 bits per heavy atom. The van der Waals surface area contributed by atoms with Crippen molar-refractivity contribution in [2.24, 2.45) is 11.7 Å². The van der Waals surface area contributed by atoms with Crippen LogP contribution in [0.15, 0.2) is 47.2 Å². The van der Waals surface area contributed by atoms with Gasteiger partial charge in [0.25, 0.3) is 0 Å². The third kappa shape index (κ3) is 3.95. The third-order valence-electron chi connectivity index (χ3n) is 4.78. The summed E-state index contributed by atoms with van der Waals surface area (Å²) in [5.74, 6) is 8.23. The van der Waals surface area contributed by atoms with Gasteiger partial charge in [-0.05, 0) is 44.0 Å². The van der Waals surface area contributed by atoms with Gasteiger partial charge in [-0.15, -0.1) is 0 Å². The van der Waals surface area contributed by atoms with E-state index in [0.29, 0.717) is 30.1 Å². The minimum absolute atomic E-state index is 0.325. The van der Waals surface area contributed by atoms with Gasteiger partial charge in [-0.25, -0.2) is 4.98 Å². The van der Waals surface area contributed by atoms with Crippen LogP contribution in [0.2, 0.25) is 0 Å². The number of aliphatic hydroxyl groups is 1. The molecule has 27 heavy (non-hydrogen) atoms. The van der Waals surface area contributed by atoms with Crippen LogP contribution in [-0.2, 0) is 6.54 Å². The Morgan fingerprint density at radius 1 is 1.33 bits per heavy atom. The van der Waals surface area contributed by atoms with E-state index in [-0.39, 0.29) is 0 Å². The standard InChI is InChI=1S/C21H22N4O2/c1-14(26)21-23-8-9-25(21)13-19-12-20(27-24-19)17-6-4-15(5-7-17)2-3-16-10-18(22)11-16/h4-9,12,14,16,18,26H,10-11,13,22H2,1H3/t14-,16?,18?/m0/s1. The van der Waals surface area contributed by atoms with E-state index in [1.807, 2.05) is 41.1 Å². The first kappa shape index (κ1) is 17.5. The summed E-state index contributed by atoms with van der Waals surface area (Å²) in [6.45, 7) is 2.19. The maximum atomic E-state index is 9.75. The number of imidazole rings is 1. The van der Waals surface area contributed by atoms with Crippen molar-refractivity contribution < 1.29 is 9.63 Å². The Kier molecular flexibility index (Phi) is 4.80. The molecular weight excluding hydrogens is 340 g/mol. The topological polar surface area (TPSA) is 90.1 Å². The number of rotatable bonds is 4. The molecule has 0 amide bonds. The lowest BCUT2D eigenvalue weighted by Crippen LogP contribution is -2.35. The van der Waals surface area contributed by atoms with Crippen molar-refractivity contribution in [3.63, 3.8) is 0 Å². The normalized spacial score (nSPS) is 19.8. The fraction of sp³-hybridized carbons (Fsp3) is 0.333. The molecule has 0 unspecified atom stereocenters. The Bertz CT molecular complexity index is 970. The Labute approximate surface area is 158 Å². The monoisotopic (exact) mass is 362 g/mol. The Morgan fingerprint density at radius 3 is 2.81 bits per heavy atom. The highest BCUT2D eigenvalue weighted by Gasteiger charge is 2.23. The van der Waals surface area contributed by atoms with Crippen LogP contribution in [0.5, 0.6) is 0 Å². The molecule has 3 N–H and O–H groups in total. The summed E-state index contributed by atoms with van der Waals surface area (Å²) in [5.41, 5.74) is 8.50. The quantitative estimate of drug-likeness (QED) is 0.697. The first-order valence-corrected chi connectivity index (χ1v) is 9.10. The summed E-state index contributed by atoms with van der Waals surface area (Å²) in [6.07, 6.45) is 4.86. The summed E-state index contributed by atoms with van der Waals surface area (Å²) in [4.78, 5) is 4.17. The molecule has 1 saturated carbocycles. The number of benzene rings is 1. The number of hydrogen-bond donors (Lipinski definition) is 2. The first-order chi connectivity index (χ1) is 13.1. The number of nitrogens with two attached hydrogens (primary N) is 1. The minimum atomic E-state index is -0.629. The molecule has 1 aliphatic rings. The molecule has 0 radical (unpaired) electrons. The molecule has 0 saturated heterocycles. The second kappa shape index (κ2) is 7.39. The van der Waals surface area contributed by atoms with Gasteiger partial charge >= 0.3 is 0 Å². The molecule has 6 heteroatoms. The van der Waals surface area contributed by atoms with Crippen molar-refractivity contribution in [2.45, 2.75) is 38.5 Å². The van der Waals surface area contributed by atoms with Crippen LogP contribution in [0.1, 0.15) is 43.0 Å². The summed E-state index contributed by atoms with van der Waals surface area (Å²) >= 11 is 0. The number of hydrogen-bond acceptors (Lipinski definition) is 5. The molecule has 2 aromatic heterocycles. The van der Waals surface area contributed by atoms with Crippen LogP contribution in [0.4, 0.5) is 0 Å². The summed E-state index contributed by atoms with van der Waals surface area (Å²) < 4.78 is 7.34. The average molecular weight is 362 g/mol. The highest BCUT2D eigenvalue weighted by molar-refractivity contribution is 5.59. The van der Waals surface area contributed by atoms with Crippen molar-refractivity contribution in [2.75, 3.05) is 0 Å². The zero-order valence-electron chi connectivity index (χ0n) is 15.2. The highest BCUT2D eigenvalue weighted by atomic mass is 16.5. The molecular formula is C21H22N4O2. The van der Waals surface area contributed by atoms with E-state index >= 15 is 0 Å². The van der Waals surface area contributed by atoms with E-state index in [0.717, 1.165) is 29.7 Å². The lowest BCUT2D eigenvalue weighted by Gasteiger charge is -2.27. The molecule has 1 fully saturated rings. The van der Waals surface area contributed by atoms with Crippen molar-refractivity contribution in [3.8, 4) is 23.2 Å². The van der Waals surface area contributed by atoms with Gasteiger partial charge < -0.3 is 19.9 Å². The molecule has 1 aliphatic carbocycles. The van der Waals surface area contributed by atoms with Gasteiger partial charge in [0, 0.05) is 41.5 Å². The molecule has 0 spiro atoms. The van der Waals surface area contributed by atoms with Crippen LogP contribution < -0.4 is 5.73 Å². The second-order valence-corrected chi connectivity index (χ2v) is 7.05. The smallest absolute Gasteiger partial charge is 0.167 e. The van der Waals surface area contributed by atoms with Gasteiger partial charge in [-0.2, -0.15) is 0 Å². The average Bonchev–Trinajstić information content (AvgIpc) is 3.28. The zero-order valence-corrected chi connectivity index (χ0v) is 15.2. The third-order valence-corrected chi connectivity index (χ3v) is 4.78. The van der Waals surface area contributed by atoms with Crippen LogP contribution in [0.25, 0.3) is 11.3 Å².